The fourth-order valence-electron chi connectivity index (χ4n) is 3.91. The van der Waals surface area contributed by atoms with Crippen molar-refractivity contribution in [2.24, 2.45) is 0 Å². The van der Waals surface area contributed by atoms with Gasteiger partial charge in [-0.15, -0.1) is 0 Å². The highest BCUT2D eigenvalue weighted by atomic mass is 16.6. The van der Waals surface area contributed by atoms with Crippen LogP contribution in [0.4, 0.5) is 11.4 Å². The molecular formula is C23H29N3O3. The molecule has 3 atom stereocenters. The molecule has 0 saturated carbocycles. The van der Waals surface area contributed by atoms with E-state index in [4.69, 9.17) is 9.47 Å². The quantitative estimate of drug-likeness (QED) is 0.705. The number of hydrogen-bond acceptors (Lipinski definition) is 5. The summed E-state index contributed by atoms with van der Waals surface area (Å²) in [5, 5.41) is 6.39. The lowest BCUT2D eigenvalue weighted by Crippen LogP contribution is -2.47. The lowest BCUT2D eigenvalue weighted by atomic mass is 10.1. The zero-order valence-corrected chi connectivity index (χ0v) is 17.3. The summed E-state index contributed by atoms with van der Waals surface area (Å²) >= 11 is 0. The molecule has 0 aromatic heterocycles. The molecular weight excluding hydrogens is 366 g/mol. The minimum Gasteiger partial charge on any atom is -0.483 e. The molecule has 2 N–H and O–H groups in total. The van der Waals surface area contributed by atoms with Crippen LogP contribution in [0.1, 0.15) is 24.5 Å². The van der Waals surface area contributed by atoms with Crippen LogP contribution in [0, 0.1) is 13.8 Å². The summed E-state index contributed by atoms with van der Waals surface area (Å²) in [6, 6.07) is 13.9. The van der Waals surface area contributed by atoms with Crippen molar-refractivity contribution in [3.8, 4) is 5.75 Å². The van der Waals surface area contributed by atoms with Crippen molar-refractivity contribution in [1.82, 2.24) is 5.32 Å². The number of anilines is 2. The number of aryl methyl sites for hydroxylation is 2. The van der Waals surface area contributed by atoms with Crippen molar-refractivity contribution < 1.29 is 14.3 Å². The summed E-state index contributed by atoms with van der Waals surface area (Å²) in [4.78, 5) is 14.9. The van der Waals surface area contributed by atoms with Gasteiger partial charge in [-0.2, -0.15) is 0 Å². The molecule has 6 heteroatoms. The summed E-state index contributed by atoms with van der Waals surface area (Å²) in [6.45, 7) is 8.01. The van der Waals surface area contributed by atoms with Gasteiger partial charge in [0.05, 0.1) is 18.8 Å². The third kappa shape index (κ3) is 4.54. The first-order valence-corrected chi connectivity index (χ1v) is 10.3. The number of rotatable bonds is 7. The van der Waals surface area contributed by atoms with Crippen molar-refractivity contribution >= 4 is 17.3 Å². The second-order valence-corrected chi connectivity index (χ2v) is 7.85. The van der Waals surface area contributed by atoms with Crippen molar-refractivity contribution in [3.05, 3.63) is 53.6 Å². The number of fused-ring (bicyclic) bond motifs is 1. The van der Waals surface area contributed by atoms with E-state index in [1.165, 1.54) is 0 Å². The third-order valence-corrected chi connectivity index (χ3v) is 5.32. The predicted molar refractivity (Wildman–Crippen MR) is 115 cm³/mol. The van der Waals surface area contributed by atoms with E-state index in [1.807, 2.05) is 56.3 Å². The van der Waals surface area contributed by atoms with Gasteiger partial charge in [0.1, 0.15) is 24.2 Å². The maximum Gasteiger partial charge on any atom is 0.243 e. The lowest BCUT2D eigenvalue weighted by Gasteiger charge is -2.36. The van der Waals surface area contributed by atoms with Crippen LogP contribution in [0.25, 0.3) is 0 Å². The smallest absolute Gasteiger partial charge is 0.243 e. The van der Waals surface area contributed by atoms with Gasteiger partial charge in [-0.1, -0.05) is 31.2 Å². The molecule has 0 bridgehead atoms. The maximum atomic E-state index is 12.8. The Morgan fingerprint density at radius 2 is 2.03 bits per heavy atom. The minimum atomic E-state index is -0.106. The number of hydrogen-bond donors (Lipinski definition) is 2. The van der Waals surface area contributed by atoms with Gasteiger partial charge >= 0.3 is 0 Å². The SMILES string of the molecule is CCCNC1OC1C1CN(CC(=O)Nc2cccc(C)c2)c2c(C)cccc2O1. The second-order valence-electron chi connectivity index (χ2n) is 7.85. The zero-order chi connectivity index (χ0) is 20.4. The Morgan fingerprint density at radius 1 is 1.21 bits per heavy atom. The number of carbonyl (C=O) groups excluding carboxylic acids is 1. The first-order valence-electron chi connectivity index (χ1n) is 10.3. The first-order chi connectivity index (χ1) is 14.0. The summed E-state index contributed by atoms with van der Waals surface area (Å²) < 4.78 is 12.1. The number of nitrogens with one attached hydrogen (secondary N) is 2. The van der Waals surface area contributed by atoms with Gasteiger partial charge in [0.15, 0.2) is 0 Å². The Bertz CT molecular complexity index is 885. The molecule has 3 unspecified atom stereocenters. The molecule has 4 rings (SSSR count). The van der Waals surface area contributed by atoms with E-state index in [-0.39, 0.29) is 30.9 Å². The van der Waals surface area contributed by atoms with Gasteiger partial charge in [-0.05, 0) is 56.1 Å². The topological polar surface area (TPSA) is 66.1 Å². The summed E-state index contributed by atoms with van der Waals surface area (Å²) in [5.74, 6) is 0.775. The number of para-hydroxylation sites is 1. The fourth-order valence-corrected chi connectivity index (χ4v) is 3.91. The number of carbonyl (C=O) groups is 1. The number of nitrogens with zero attached hydrogens (tertiary/aromatic N) is 1. The molecule has 6 nitrogen and oxygen atoms in total. The summed E-state index contributed by atoms with van der Waals surface area (Å²) in [6.07, 6.45) is 1.00. The highest BCUT2D eigenvalue weighted by molar-refractivity contribution is 5.94. The van der Waals surface area contributed by atoms with Crippen LogP contribution in [0.2, 0.25) is 0 Å². The molecule has 0 spiro atoms. The highest BCUT2D eigenvalue weighted by Crippen LogP contribution is 2.39. The maximum absolute atomic E-state index is 12.8. The predicted octanol–water partition coefficient (Wildman–Crippen LogP) is 3.23. The van der Waals surface area contributed by atoms with E-state index < -0.39 is 0 Å². The molecule has 0 radical (unpaired) electrons. The zero-order valence-electron chi connectivity index (χ0n) is 17.3. The monoisotopic (exact) mass is 395 g/mol. The highest BCUT2D eigenvalue weighted by Gasteiger charge is 2.48. The van der Waals surface area contributed by atoms with Gasteiger partial charge in [0.25, 0.3) is 0 Å². The average Bonchev–Trinajstić information content (AvgIpc) is 3.46. The Morgan fingerprint density at radius 3 is 2.83 bits per heavy atom. The van der Waals surface area contributed by atoms with Crippen molar-refractivity contribution in [2.75, 3.05) is 29.9 Å². The largest absolute Gasteiger partial charge is 0.483 e. The first kappa shape index (κ1) is 19.7. The lowest BCUT2D eigenvalue weighted by molar-refractivity contribution is -0.115. The number of ether oxygens (including phenoxy) is 2. The molecule has 29 heavy (non-hydrogen) atoms. The van der Waals surface area contributed by atoms with E-state index in [1.54, 1.807) is 0 Å². The fraction of sp³-hybridized carbons (Fsp3) is 0.435. The van der Waals surface area contributed by atoms with Crippen molar-refractivity contribution in [1.29, 1.82) is 0 Å². The standard InChI is InChI=1S/C23H29N3O3/c1-4-11-24-23-22(29-23)19-13-26(21-16(3)8-6-10-18(21)28-19)14-20(27)25-17-9-5-7-15(2)12-17/h5-10,12,19,22-24H,4,11,13-14H2,1-3H3,(H,25,27). The van der Waals surface area contributed by atoms with E-state index in [2.05, 4.69) is 22.5 Å². The van der Waals surface area contributed by atoms with Gasteiger partial charge in [-0.3, -0.25) is 10.1 Å². The Kier molecular flexibility index (Phi) is 5.74. The third-order valence-electron chi connectivity index (χ3n) is 5.32. The van der Waals surface area contributed by atoms with Crippen LogP contribution >= 0.6 is 0 Å². The van der Waals surface area contributed by atoms with E-state index in [0.717, 1.165) is 41.2 Å². The molecule has 2 aliphatic heterocycles. The second kappa shape index (κ2) is 8.43. The number of epoxide rings is 1. The number of benzene rings is 2. The molecule has 1 saturated heterocycles. The minimum absolute atomic E-state index is 0.0116. The molecule has 2 aliphatic rings. The Labute approximate surface area is 172 Å². The summed E-state index contributed by atoms with van der Waals surface area (Å²) in [5.41, 5.74) is 4.02. The van der Waals surface area contributed by atoms with Crippen LogP contribution < -0.4 is 20.3 Å². The normalized spacial score (nSPS) is 22.6. The molecule has 0 aliphatic carbocycles. The average molecular weight is 396 g/mol. The Balaban J connectivity index is 1.48. The van der Waals surface area contributed by atoms with Gasteiger partial charge in [-0.25, -0.2) is 0 Å². The van der Waals surface area contributed by atoms with E-state index in [0.29, 0.717) is 6.54 Å². The van der Waals surface area contributed by atoms with E-state index >= 15 is 0 Å². The van der Waals surface area contributed by atoms with Crippen LogP contribution in [-0.2, 0) is 9.53 Å². The van der Waals surface area contributed by atoms with E-state index in [9.17, 15) is 4.79 Å². The molecule has 2 heterocycles. The molecule has 154 valence electrons. The van der Waals surface area contributed by atoms with Crippen molar-refractivity contribution in [3.63, 3.8) is 0 Å². The van der Waals surface area contributed by atoms with Crippen LogP contribution in [0.3, 0.4) is 0 Å². The molecule has 1 fully saturated rings. The molecule has 2 aromatic carbocycles. The molecule has 1 amide bonds. The van der Waals surface area contributed by atoms with Crippen LogP contribution in [-0.4, -0.2) is 44.0 Å². The number of amides is 1. The van der Waals surface area contributed by atoms with Gasteiger partial charge < -0.3 is 19.7 Å². The van der Waals surface area contributed by atoms with Gasteiger partial charge in [0.2, 0.25) is 5.91 Å². The van der Waals surface area contributed by atoms with Crippen molar-refractivity contribution in [2.45, 2.75) is 45.6 Å². The van der Waals surface area contributed by atoms with Crippen LogP contribution in [0.15, 0.2) is 42.5 Å². The summed E-state index contributed by atoms with van der Waals surface area (Å²) in [7, 11) is 0. The molecule has 2 aromatic rings. The van der Waals surface area contributed by atoms with Gasteiger partial charge in [0, 0.05) is 5.69 Å². The van der Waals surface area contributed by atoms with Crippen LogP contribution in [0.5, 0.6) is 5.75 Å². The Hall–Kier alpha value is -2.57.